The third-order valence-corrected chi connectivity index (χ3v) is 9.14. The highest BCUT2D eigenvalue weighted by Gasteiger charge is 2.34. The molecule has 31 heavy (non-hydrogen) atoms. The van der Waals surface area contributed by atoms with Gasteiger partial charge >= 0.3 is 0 Å². The van der Waals surface area contributed by atoms with Crippen LogP contribution < -0.4 is 4.74 Å². The van der Waals surface area contributed by atoms with E-state index in [0.717, 1.165) is 9.26 Å². The number of aryl methyl sites for hydroxylation is 1. The molecule has 8 nitrogen and oxygen atoms in total. The number of aromatic nitrogens is 2. The zero-order valence-corrected chi connectivity index (χ0v) is 21.3. The fourth-order valence-corrected chi connectivity index (χ4v) is 5.38. The summed E-state index contributed by atoms with van der Waals surface area (Å²) >= 11 is 2.06. The van der Waals surface area contributed by atoms with Gasteiger partial charge in [0, 0.05) is 12.3 Å². The van der Waals surface area contributed by atoms with Crippen molar-refractivity contribution in [2.75, 3.05) is 13.2 Å². The van der Waals surface area contributed by atoms with Crippen LogP contribution in [0, 0.1) is 10.6 Å². The molecule has 0 radical (unpaired) electrons. The Morgan fingerprint density at radius 1 is 1.06 bits per heavy atom. The molecule has 0 spiro atoms. The fourth-order valence-electron chi connectivity index (χ4n) is 2.67. The van der Waals surface area contributed by atoms with E-state index in [1.54, 1.807) is 43.5 Å². The molecule has 3 aromatic rings. The molecule has 0 aliphatic carbocycles. The van der Waals surface area contributed by atoms with Gasteiger partial charge < -0.3 is 4.74 Å². The van der Waals surface area contributed by atoms with Crippen LogP contribution in [0.1, 0.15) is 26.3 Å². The first-order valence-corrected chi connectivity index (χ1v) is 13.3. The molecule has 0 amide bonds. The van der Waals surface area contributed by atoms with Crippen LogP contribution in [0.15, 0.2) is 52.5 Å². The molecule has 0 aliphatic heterocycles. The van der Waals surface area contributed by atoms with Gasteiger partial charge in [-0.25, -0.2) is 13.4 Å². The Labute approximate surface area is 195 Å². The predicted molar refractivity (Wildman–Crippen MR) is 125 cm³/mol. The topological polar surface area (TPSA) is 104 Å². The lowest BCUT2D eigenvalue weighted by Gasteiger charge is -2.21. The van der Waals surface area contributed by atoms with Crippen molar-refractivity contribution in [1.82, 2.24) is 9.38 Å². The number of hydrogen-bond acceptors (Lipinski definition) is 7. The van der Waals surface area contributed by atoms with Gasteiger partial charge in [0.05, 0.1) is 15.8 Å². The number of ether oxygens (including phenoxy) is 1. The van der Waals surface area contributed by atoms with E-state index >= 15 is 0 Å². The highest BCUT2D eigenvalue weighted by Crippen LogP contribution is 2.33. The van der Waals surface area contributed by atoms with Crippen LogP contribution in [0.2, 0.25) is 0 Å². The van der Waals surface area contributed by atoms with E-state index in [0.29, 0.717) is 5.65 Å². The Hall–Kier alpha value is -1.70. The van der Waals surface area contributed by atoms with E-state index in [2.05, 4.69) is 27.6 Å². The Kier molecular flexibility index (Phi) is 6.71. The summed E-state index contributed by atoms with van der Waals surface area (Å²) in [5.74, 6) is 0.0979. The van der Waals surface area contributed by atoms with Crippen LogP contribution in [-0.4, -0.2) is 44.2 Å². The zero-order chi connectivity index (χ0) is 23.0. The van der Waals surface area contributed by atoms with Gasteiger partial charge in [-0.15, -0.1) is 0 Å². The number of hydrogen-bond donors (Lipinski definition) is 0. The Bertz CT molecular complexity index is 1310. The third kappa shape index (κ3) is 5.04. The van der Waals surface area contributed by atoms with Gasteiger partial charge in [-0.2, -0.15) is 8.42 Å². The summed E-state index contributed by atoms with van der Waals surface area (Å²) < 4.78 is 62.9. The standard InChI is InChI=1S/C20H23IN2O6S2/c1-14-5-7-15(8-6-14)31(26,27)29-10-9-28-16-11-19-22-12-18(21)23(19)13-17(16)30(24,25)20(2,3)4/h5-8,11-13H,9-10H2,1-4H3. The number of sulfone groups is 1. The smallest absolute Gasteiger partial charge is 0.297 e. The van der Waals surface area contributed by atoms with E-state index in [9.17, 15) is 16.8 Å². The minimum atomic E-state index is -3.94. The van der Waals surface area contributed by atoms with Crippen molar-refractivity contribution in [3.63, 3.8) is 0 Å². The van der Waals surface area contributed by atoms with Crippen molar-refractivity contribution >= 4 is 48.2 Å². The lowest BCUT2D eigenvalue weighted by molar-refractivity contribution is 0.217. The number of halogens is 1. The van der Waals surface area contributed by atoms with Gasteiger partial charge in [-0.1, -0.05) is 17.7 Å². The van der Waals surface area contributed by atoms with Crippen LogP contribution in [0.25, 0.3) is 5.65 Å². The van der Waals surface area contributed by atoms with Crippen molar-refractivity contribution in [2.24, 2.45) is 0 Å². The Morgan fingerprint density at radius 2 is 1.71 bits per heavy atom. The molecule has 0 saturated heterocycles. The first-order valence-electron chi connectivity index (χ1n) is 9.33. The van der Waals surface area contributed by atoms with E-state index in [4.69, 9.17) is 8.92 Å². The molecule has 1 aromatic carbocycles. The van der Waals surface area contributed by atoms with Crippen molar-refractivity contribution in [1.29, 1.82) is 0 Å². The Balaban J connectivity index is 1.83. The molecule has 2 heterocycles. The van der Waals surface area contributed by atoms with E-state index in [1.165, 1.54) is 24.4 Å². The van der Waals surface area contributed by atoms with Crippen LogP contribution >= 0.6 is 22.6 Å². The van der Waals surface area contributed by atoms with Crippen molar-refractivity contribution in [3.8, 4) is 5.75 Å². The van der Waals surface area contributed by atoms with E-state index < -0.39 is 24.7 Å². The predicted octanol–water partition coefficient (Wildman–Crippen LogP) is 3.60. The van der Waals surface area contributed by atoms with Gasteiger partial charge in [-0.3, -0.25) is 8.58 Å². The monoisotopic (exact) mass is 578 g/mol. The maximum Gasteiger partial charge on any atom is 0.297 e. The van der Waals surface area contributed by atoms with Crippen LogP contribution in [0.4, 0.5) is 0 Å². The SMILES string of the molecule is Cc1ccc(S(=O)(=O)OCCOc2cc3ncc(I)n3cc2S(=O)(=O)C(C)(C)C)cc1. The number of fused-ring (bicyclic) bond motifs is 1. The largest absolute Gasteiger partial charge is 0.490 e. The normalized spacial score (nSPS) is 12.9. The van der Waals surface area contributed by atoms with E-state index in [-0.39, 0.29) is 28.8 Å². The quantitative estimate of drug-likeness (QED) is 0.240. The summed E-state index contributed by atoms with van der Waals surface area (Å²) in [5, 5.41) is 0. The molecule has 0 fully saturated rings. The van der Waals surface area contributed by atoms with Crippen LogP contribution in [0.5, 0.6) is 5.75 Å². The summed E-state index contributed by atoms with van der Waals surface area (Å²) in [5.41, 5.74) is 1.44. The second-order valence-corrected chi connectivity index (χ2v) is 13.3. The van der Waals surface area contributed by atoms with Crippen molar-refractivity contribution in [3.05, 3.63) is 52.0 Å². The minimum absolute atomic E-state index is 0.00445. The maximum absolute atomic E-state index is 13.1. The summed E-state index contributed by atoms with van der Waals surface area (Å²) in [7, 11) is -7.68. The summed E-state index contributed by atoms with van der Waals surface area (Å²) in [6.07, 6.45) is 3.09. The molecule has 0 atom stereocenters. The number of imidazole rings is 1. The number of benzene rings is 1. The lowest BCUT2D eigenvalue weighted by Crippen LogP contribution is -2.29. The number of nitrogens with zero attached hydrogens (tertiary/aromatic N) is 2. The number of rotatable bonds is 7. The third-order valence-electron chi connectivity index (χ3n) is 4.51. The molecule has 0 aliphatic rings. The van der Waals surface area contributed by atoms with Gasteiger partial charge in [0.25, 0.3) is 10.1 Å². The Morgan fingerprint density at radius 3 is 2.32 bits per heavy atom. The molecule has 11 heteroatoms. The van der Waals surface area contributed by atoms with Crippen LogP contribution in [0.3, 0.4) is 0 Å². The fraction of sp³-hybridized carbons (Fsp3) is 0.350. The first kappa shape index (κ1) is 24.0. The molecule has 0 bridgehead atoms. The van der Waals surface area contributed by atoms with E-state index in [1.807, 2.05) is 6.92 Å². The highest BCUT2D eigenvalue weighted by atomic mass is 127. The van der Waals surface area contributed by atoms with Crippen molar-refractivity contribution in [2.45, 2.75) is 42.2 Å². The highest BCUT2D eigenvalue weighted by molar-refractivity contribution is 14.1. The average molecular weight is 578 g/mol. The average Bonchev–Trinajstić information content (AvgIpc) is 3.04. The van der Waals surface area contributed by atoms with Gasteiger partial charge in [0.1, 0.15) is 33.2 Å². The molecule has 0 saturated carbocycles. The van der Waals surface area contributed by atoms with Gasteiger partial charge in [0.2, 0.25) is 0 Å². The summed E-state index contributed by atoms with van der Waals surface area (Å²) in [6, 6.07) is 7.81. The van der Waals surface area contributed by atoms with Crippen LogP contribution in [-0.2, 0) is 24.1 Å². The van der Waals surface area contributed by atoms with Crippen molar-refractivity contribution < 1.29 is 25.8 Å². The zero-order valence-electron chi connectivity index (χ0n) is 17.5. The molecular formula is C20H23IN2O6S2. The van der Waals surface area contributed by atoms with Gasteiger partial charge in [-0.05, 0) is 62.4 Å². The number of pyridine rings is 1. The maximum atomic E-state index is 13.1. The minimum Gasteiger partial charge on any atom is -0.490 e. The molecular weight excluding hydrogens is 555 g/mol. The first-order chi connectivity index (χ1) is 14.3. The summed E-state index contributed by atoms with van der Waals surface area (Å²) in [4.78, 5) is 4.28. The molecule has 3 rings (SSSR count). The molecule has 0 unspecified atom stereocenters. The summed E-state index contributed by atoms with van der Waals surface area (Å²) in [6.45, 7) is 6.23. The molecule has 168 valence electrons. The molecule has 2 aromatic heterocycles. The molecule has 0 N–H and O–H groups in total. The second kappa shape index (κ2) is 8.68. The lowest BCUT2D eigenvalue weighted by atomic mass is 10.2. The second-order valence-electron chi connectivity index (χ2n) is 7.86. The van der Waals surface area contributed by atoms with Gasteiger partial charge in [0.15, 0.2) is 9.84 Å².